The van der Waals surface area contributed by atoms with Crippen LogP contribution in [0, 0.1) is 0 Å². The van der Waals surface area contributed by atoms with Crippen molar-refractivity contribution in [1.82, 2.24) is 9.55 Å². The zero-order valence-corrected chi connectivity index (χ0v) is 7.68. The van der Waals surface area contributed by atoms with Crippen molar-refractivity contribution in [2.75, 3.05) is 0 Å². The fraction of sp³-hybridized carbons (Fsp3) is 0.250. The predicted molar refractivity (Wildman–Crippen MR) is 48.6 cm³/mol. The average Bonchev–Trinajstić information content (AvgIpc) is 2.53. The van der Waals surface area contributed by atoms with Gasteiger partial charge in [-0.15, -0.1) is 11.3 Å². The molecule has 0 fully saturated rings. The second kappa shape index (κ2) is 2.42. The SMILES string of the molecule is CC(=O)c1cn(C)c2ncsc12. The van der Waals surface area contributed by atoms with Gasteiger partial charge in [0.25, 0.3) is 0 Å². The van der Waals surface area contributed by atoms with Crippen LogP contribution in [-0.4, -0.2) is 15.3 Å². The molecule has 0 bridgehead atoms. The Morgan fingerprint density at radius 2 is 2.42 bits per heavy atom. The second-order valence-electron chi connectivity index (χ2n) is 2.71. The molecule has 0 spiro atoms. The number of hydrogen-bond acceptors (Lipinski definition) is 3. The van der Waals surface area contributed by atoms with Gasteiger partial charge >= 0.3 is 0 Å². The highest BCUT2D eigenvalue weighted by Crippen LogP contribution is 2.23. The van der Waals surface area contributed by atoms with Crippen molar-refractivity contribution in [1.29, 1.82) is 0 Å². The van der Waals surface area contributed by atoms with E-state index in [1.807, 2.05) is 17.8 Å². The van der Waals surface area contributed by atoms with Gasteiger partial charge in [0.1, 0.15) is 0 Å². The van der Waals surface area contributed by atoms with E-state index in [9.17, 15) is 4.79 Å². The molecule has 0 saturated carbocycles. The molecular weight excluding hydrogens is 172 g/mol. The number of aryl methyl sites for hydroxylation is 1. The topological polar surface area (TPSA) is 34.9 Å². The van der Waals surface area contributed by atoms with E-state index in [1.165, 1.54) is 11.3 Å². The number of carbonyl (C=O) groups is 1. The minimum atomic E-state index is 0.102. The molecule has 2 heterocycles. The molecule has 4 heteroatoms. The molecule has 3 nitrogen and oxygen atoms in total. The van der Waals surface area contributed by atoms with Crippen molar-refractivity contribution in [3.8, 4) is 0 Å². The maximum Gasteiger partial charge on any atom is 0.162 e. The summed E-state index contributed by atoms with van der Waals surface area (Å²) in [6.45, 7) is 1.58. The fourth-order valence-electron chi connectivity index (χ4n) is 1.24. The predicted octanol–water partition coefficient (Wildman–Crippen LogP) is 1.84. The van der Waals surface area contributed by atoms with Crippen LogP contribution in [0.4, 0.5) is 0 Å². The van der Waals surface area contributed by atoms with Gasteiger partial charge in [0, 0.05) is 13.2 Å². The van der Waals surface area contributed by atoms with Crippen molar-refractivity contribution < 1.29 is 4.79 Å². The summed E-state index contributed by atoms with van der Waals surface area (Å²) < 4.78 is 2.87. The number of fused-ring (bicyclic) bond motifs is 1. The zero-order valence-electron chi connectivity index (χ0n) is 6.87. The fourth-order valence-corrected chi connectivity index (χ4v) is 2.12. The lowest BCUT2D eigenvalue weighted by molar-refractivity contribution is 0.101. The first-order valence-corrected chi connectivity index (χ1v) is 4.47. The van der Waals surface area contributed by atoms with Crippen LogP contribution in [0.1, 0.15) is 17.3 Å². The number of ketones is 1. The first kappa shape index (κ1) is 7.49. The van der Waals surface area contributed by atoms with Crippen LogP contribution in [0.3, 0.4) is 0 Å². The Morgan fingerprint density at radius 3 is 3.08 bits per heavy atom. The third-order valence-corrected chi connectivity index (χ3v) is 2.68. The number of Topliss-reactive ketones (excluding diaryl/α,β-unsaturated/α-hetero) is 1. The second-order valence-corrected chi connectivity index (χ2v) is 3.57. The largest absolute Gasteiger partial charge is 0.334 e. The molecule has 0 saturated heterocycles. The smallest absolute Gasteiger partial charge is 0.162 e. The van der Waals surface area contributed by atoms with Crippen LogP contribution in [0.25, 0.3) is 10.3 Å². The van der Waals surface area contributed by atoms with E-state index in [2.05, 4.69) is 4.98 Å². The van der Waals surface area contributed by atoms with Crippen LogP contribution < -0.4 is 0 Å². The van der Waals surface area contributed by atoms with Gasteiger partial charge in [0.15, 0.2) is 11.4 Å². The molecular formula is C8H8N2OS. The Morgan fingerprint density at radius 1 is 1.67 bits per heavy atom. The first-order valence-electron chi connectivity index (χ1n) is 3.59. The summed E-state index contributed by atoms with van der Waals surface area (Å²) in [4.78, 5) is 15.3. The van der Waals surface area contributed by atoms with Gasteiger partial charge in [-0.25, -0.2) is 4.98 Å². The molecule has 2 aromatic heterocycles. The molecule has 0 aliphatic rings. The van der Waals surface area contributed by atoms with Gasteiger partial charge in [0.05, 0.1) is 15.8 Å². The highest BCUT2D eigenvalue weighted by Gasteiger charge is 2.11. The van der Waals surface area contributed by atoms with Crippen LogP contribution in [0.2, 0.25) is 0 Å². The van der Waals surface area contributed by atoms with E-state index in [0.717, 1.165) is 15.9 Å². The van der Waals surface area contributed by atoms with Crippen LogP contribution in [0.5, 0.6) is 0 Å². The summed E-state index contributed by atoms with van der Waals surface area (Å²) in [6.07, 6.45) is 1.83. The molecule has 0 aliphatic heterocycles. The summed E-state index contributed by atoms with van der Waals surface area (Å²) in [5, 5.41) is 0. The number of aromatic nitrogens is 2. The number of hydrogen-bond donors (Lipinski definition) is 0. The lowest BCUT2D eigenvalue weighted by Crippen LogP contribution is -1.88. The molecule has 0 radical (unpaired) electrons. The van der Waals surface area contributed by atoms with E-state index in [0.29, 0.717) is 0 Å². The summed E-state index contributed by atoms with van der Waals surface area (Å²) in [5.74, 6) is 0.102. The molecule has 0 atom stereocenters. The Bertz CT molecular complexity index is 441. The number of rotatable bonds is 1. The van der Waals surface area contributed by atoms with Gasteiger partial charge in [-0.1, -0.05) is 0 Å². The summed E-state index contributed by atoms with van der Waals surface area (Å²) in [5.41, 5.74) is 3.43. The maximum absolute atomic E-state index is 11.1. The van der Waals surface area contributed by atoms with Crippen molar-refractivity contribution in [2.45, 2.75) is 6.92 Å². The minimum absolute atomic E-state index is 0.102. The monoisotopic (exact) mass is 180 g/mol. The molecule has 12 heavy (non-hydrogen) atoms. The Balaban J connectivity index is 2.83. The van der Waals surface area contributed by atoms with Gasteiger partial charge < -0.3 is 4.57 Å². The molecule has 62 valence electrons. The van der Waals surface area contributed by atoms with E-state index >= 15 is 0 Å². The summed E-state index contributed by atoms with van der Waals surface area (Å²) in [7, 11) is 1.90. The van der Waals surface area contributed by atoms with Gasteiger partial charge in [-0.05, 0) is 6.92 Å². The normalized spacial score (nSPS) is 10.8. The van der Waals surface area contributed by atoms with Crippen LogP contribution >= 0.6 is 11.3 Å². The number of carbonyl (C=O) groups excluding carboxylic acids is 1. The highest BCUT2D eigenvalue weighted by atomic mass is 32.1. The van der Waals surface area contributed by atoms with Crippen molar-refractivity contribution >= 4 is 27.5 Å². The van der Waals surface area contributed by atoms with Crippen molar-refractivity contribution in [3.63, 3.8) is 0 Å². The third-order valence-electron chi connectivity index (χ3n) is 1.83. The number of nitrogens with zero attached hydrogens (tertiary/aromatic N) is 2. The zero-order chi connectivity index (χ0) is 8.72. The van der Waals surface area contributed by atoms with E-state index < -0.39 is 0 Å². The molecule has 2 aromatic rings. The quantitative estimate of drug-likeness (QED) is 0.627. The van der Waals surface area contributed by atoms with Gasteiger partial charge in [-0.3, -0.25) is 4.79 Å². The van der Waals surface area contributed by atoms with Gasteiger partial charge in [0.2, 0.25) is 0 Å². The lowest BCUT2D eigenvalue weighted by Gasteiger charge is -1.86. The molecule has 0 aromatic carbocycles. The van der Waals surface area contributed by atoms with E-state index in [4.69, 9.17) is 0 Å². The molecule has 0 aliphatic carbocycles. The average molecular weight is 180 g/mol. The summed E-state index contributed by atoms with van der Waals surface area (Å²) in [6, 6.07) is 0. The minimum Gasteiger partial charge on any atom is -0.334 e. The van der Waals surface area contributed by atoms with Crippen molar-refractivity contribution in [3.05, 3.63) is 17.3 Å². The molecule has 0 unspecified atom stereocenters. The Kier molecular flexibility index (Phi) is 1.51. The maximum atomic E-state index is 11.1. The molecule has 2 rings (SSSR count). The van der Waals surface area contributed by atoms with E-state index in [-0.39, 0.29) is 5.78 Å². The number of thiazole rings is 1. The highest BCUT2D eigenvalue weighted by molar-refractivity contribution is 7.17. The molecule has 0 amide bonds. The Hall–Kier alpha value is -1.16. The van der Waals surface area contributed by atoms with Gasteiger partial charge in [-0.2, -0.15) is 0 Å². The Labute approximate surface area is 73.6 Å². The standard InChI is InChI=1S/C8H8N2OS/c1-5(11)6-3-10(2)8-7(6)12-4-9-8/h3-4H,1-2H3. The first-order chi connectivity index (χ1) is 5.70. The summed E-state index contributed by atoms with van der Waals surface area (Å²) >= 11 is 1.51. The third kappa shape index (κ3) is 0.881. The van der Waals surface area contributed by atoms with Crippen LogP contribution in [0.15, 0.2) is 11.7 Å². The van der Waals surface area contributed by atoms with E-state index in [1.54, 1.807) is 12.4 Å². The lowest BCUT2D eigenvalue weighted by atomic mass is 10.2. The van der Waals surface area contributed by atoms with Crippen molar-refractivity contribution in [2.24, 2.45) is 7.05 Å². The van der Waals surface area contributed by atoms with Crippen LogP contribution in [-0.2, 0) is 7.05 Å². The molecule has 0 N–H and O–H groups in total.